The molecule has 26 heavy (non-hydrogen) atoms. The number of hydrogen-bond acceptors (Lipinski definition) is 7. The molecular weight excluding hydrogens is 350 g/mol. The number of nitro benzene ring substituents is 1. The van der Waals surface area contributed by atoms with E-state index in [1.165, 1.54) is 13.1 Å². The van der Waals surface area contributed by atoms with Gasteiger partial charge in [0.15, 0.2) is 0 Å². The molecule has 0 bridgehead atoms. The van der Waals surface area contributed by atoms with Gasteiger partial charge in [-0.2, -0.15) is 0 Å². The van der Waals surface area contributed by atoms with E-state index in [-0.39, 0.29) is 35.4 Å². The molecule has 0 saturated heterocycles. The number of nitrogens with one attached hydrogen (secondary N) is 3. The molecule has 1 aromatic heterocycles. The first kappa shape index (κ1) is 18.8. The largest absolute Gasteiger partial charge is 0.480 e. The molecule has 0 aliphatic rings. The Morgan fingerprint density at radius 3 is 2.54 bits per heavy atom. The lowest BCUT2D eigenvalue weighted by Gasteiger charge is -2.15. The molecular formula is C14H15N5O7. The number of amides is 1. The molecule has 12 heteroatoms. The lowest BCUT2D eigenvalue weighted by molar-refractivity contribution is -0.384. The maximum Gasteiger partial charge on any atom is 0.323 e. The number of hydrogen-bond donors (Lipinski definition) is 4. The predicted molar refractivity (Wildman–Crippen MR) is 88.8 cm³/mol. The van der Waals surface area contributed by atoms with Crippen molar-refractivity contribution in [3.63, 3.8) is 0 Å². The van der Waals surface area contributed by atoms with Crippen LogP contribution < -0.4 is 16.4 Å². The third-order valence-corrected chi connectivity index (χ3v) is 3.50. The van der Waals surface area contributed by atoms with Gasteiger partial charge in [0.05, 0.1) is 22.5 Å². The first-order valence-electron chi connectivity index (χ1n) is 7.29. The summed E-state index contributed by atoms with van der Waals surface area (Å²) >= 11 is 0. The molecule has 1 aromatic carbocycles. The molecule has 138 valence electrons. The average Bonchev–Trinajstić information content (AvgIpc) is 2.55. The number of aromatic amines is 2. The standard InChI is InChI=1S/C14H15N5O7/c1-18(6-11(21)22)10(20)5-15-4-7-2-8(19(25)26)3-9-12(7)17-14(24)13(23)16-9/h2-3,15H,4-6H2,1H3,(H,16,23)(H,17,24)(H,21,22). The minimum atomic E-state index is -1.16. The van der Waals surface area contributed by atoms with Crippen molar-refractivity contribution >= 4 is 28.6 Å². The molecule has 0 fully saturated rings. The van der Waals surface area contributed by atoms with Gasteiger partial charge in [0.25, 0.3) is 5.69 Å². The summed E-state index contributed by atoms with van der Waals surface area (Å²) in [6.45, 7) is -0.719. The third-order valence-electron chi connectivity index (χ3n) is 3.50. The summed E-state index contributed by atoms with van der Waals surface area (Å²) in [5.74, 6) is -1.66. The summed E-state index contributed by atoms with van der Waals surface area (Å²) in [7, 11) is 1.32. The van der Waals surface area contributed by atoms with Crippen molar-refractivity contribution in [1.29, 1.82) is 0 Å². The third kappa shape index (κ3) is 4.30. The number of nitro groups is 1. The van der Waals surface area contributed by atoms with Gasteiger partial charge in [0, 0.05) is 25.7 Å². The number of nitrogens with zero attached hydrogens (tertiary/aromatic N) is 2. The Bertz CT molecular complexity index is 993. The molecule has 1 heterocycles. The molecule has 0 saturated carbocycles. The van der Waals surface area contributed by atoms with Crippen LogP contribution in [0.2, 0.25) is 0 Å². The van der Waals surface area contributed by atoms with Crippen molar-refractivity contribution in [2.45, 2.75) is 6.54 Å². The zero-order chi connectivity index (χ0) is 19.4. The minimum absolute atomic E-state index is 0.0349. The monoisotopic (exact) mass is 365 g/mol. The molecule has 0 unspecified atom stereocenters. The van der Waals surface area contributed by atoms with Gasteiger partial charge < -0.3 is 25.3 Å². The fourth-order valence-corrected chi connectivity index (χ4v) is 2.26. The SMILES string of the molecule is CN(CC(=O)O)C(=O)CNCc1cc([N+](=O)[O-])cc2[nH]c(=O)c(=O)[nH]c12. The van der Waals surface area contributed by atoms with Gasteiger partial charge in [0.2, 0.25) is 5.91 Å². The number of H-pyrrole nitrogens is 2. The maximum atomic E-state index is 11.8. The van der Waals surface area contributed by atoms with Crippen LogP contribution in [0, 0.1) is 10.1 Å². The van der Waals surface area contributed by atoms with Crippen LogP contribution in [0.3, 0.4) is 0 Å². The molecule has 0 radical (unpaired) electrons. The summed E-state index contributed by atoms with van der Waals surface area (Å²) in [5, 5.41) is 22.4. The van der Waals surface area contributed by atoms with Gasteiger partial charge >= 0.3 is 17.1 Å². The number of aliphatic carboxylic acids is 1. The number of carbonyl (C=O) groups excluding carboxylic acids is 1. The van der Waals surface area contributed by atoms with Gasteiger partial charge in [-0.25, -0.2) is 0 Å². The van der Waals surface area contributed by atoms with Crippen molar-refractivity contribution in [1.82, 2.24) is 20.2 Å². The Balaban J connectivity index is 2.25. The lowest BCUT2D eigenvalue weighted by atomic mass is 10.1. The molecule has 2 rings (SSSR count). The number of fused-ring (bicyclic) bond motifs is 1. The highest BCUT2D eigenvalue weighted by Gasteiger charge is 2.15. The summed E-state index contributed by atoms with van der Waals surface area (Å²) in [5.41, 5.74) is -1.59. The van der Waals surface area contributed by atoms with Gasteiger partial charge in [-0.15, -0.1) is 0 Å². The fraction of sp³-hybridized carbons (Fsp3) is 0.286. The van der Waals surface area contributed by atoms with Crippen molar-refractivity contribution < 1.29 is 19.6 Å². The van der Waals surface area contributed by atoms with Crippen LogP contribution in [-0.2, 0) is 16.1 Å². The van der Waals surface area contributed by atoms with E-state index in [0.717, 1.165) is 11.0 Å². The normalized spacial score (nSPS) is 10.7. The van der Waals surface area contributed by atoms with Crippen molar-refractivity contribution in [3.05, 3.63) is 48.5 Å². The Morgan fingerprint density at radius 2 is 1.92 bits per heavy atom. The predicted octanol–water partition coefficient (Wildman–Crippen LogP) is -1.24. The first-order valence-corrected chi connectivity index (χ1v) is 7.29. The maximum absolute atomic E-state index is 11.8. The smallest absolute Gasteiger partial charge is 0.323 e. The summed E-state index contributed by atoms with van der Waals surface area (Å²) in [6.07, 6.45) is 0. The van der Waals surface area contributed by atoms with Crippen molar-refractivity contribution in [3.8, 4) is 0 Å². The van der Waals surface area contributed by atoms with Crippen LogP contribution >= 0.6 is 0 Å². The van der Waals surface area contributed by atoms with E-state index >= 15 is 0 Å². The average molecular weight is 365 g/mol. The van der Waals surface area contributed by atoms with E-state index in [4.69, 9.17) is 5.11 Å². The van der Waals surface area contributed by atoms with E-state index in [1.807, 2.05) is 0 Å². The van der Waals surface area contributed by atoms with Crippen LogP contribution in [0.25, 0.3) is 11.0 Å². The quantitative estimate of drug-likeness (QED) is 0.267. The molecule has 1 amide bonds. The summed E-state index contributed by atoms with van der Waals surface area (Å²) in [6, 6.07) is 2.32. The van der Waals surface area contributed by atoms with Crippen LogP contribution in [0.4, 0.5) is 5.69 Å². The highest BCUT2D eigenvalue weighted by Crippen LogP contribution is 2.21. The topological polar surface area (TPSA) is 178 Å². The number of non-ortho nitro benzene ring substituents is 1. The molecule has 0 aliphatic carbocycles. The van der Waals surface area contributed by atoms with E-state index < -0.39 is 34.5 Å². The highest BCUT2D eigenvalue weighted by molar-refractivity contribution is 5.83. The van der Waals surface area contributed by atoms with Crippen LogP contribution in [0.1, 0.15) is 5.56 Å². The molecule has 12 nitrogen and oxygen atoms in total. The second kappa shape index (κ2) is 7.57. The zero-order valence-corrected chi connectivity index (χ0v) is 13.6. The molecule has 4 N–H and O–H groups in total. The molecule has 0 atom stereocenters. The van der Waals surface area contributed by atoms with E-state index in [1.54, 1.807) is 0 Å². The Hall–Kier alpha value is -3.54. The number of rotatable bonds is 7. The van der Waals surface area contributed by atoms with E-state index in [0.29, 0.717) is 0 Å². The summed E-state index contributed by atoms with van der Waals surface area (Å²) < 4.78 is 0. The number of carbonyl (C=O) groups is 2. The van der Waals surface area contributed by atoms with Crippen LogP contribution in [0.5, 0.6) is 0 Å². The number of likely N-dealkylation sites (N-methyl/N-ethyl adjacent to an activating group) is 1. The van der Waals surface area contributed by atoms with E-state index in [2.05, 4.69) is 15.3 Å². The highest BCUT2D eigenvalue weighted by atomic mass is 16.6. The molecule has 2 aromatic rings. The second-order valence-electron chi connectivity index (χ2n) is 5.44. The van der Waals surface area contributed by atoms with E-state index in [9.17, 15) is 29.3 Å². The number of benzene rings is 1. The van der Waals surface area contributed by atoms with Gasteiger partial charge in [-0.1, -0.05) is 0 Å². The number of carboxylic acid groups (broad SMARTS) is 1. The summed E-state index contributed by atoms with van der Waals surface area (Å²) in [4.78, 5) is 61.3. The van der Waals surface area contributed by atoms with Crippen LogP contribution in [-0.4, -0.2) is 56.9 Å². The minimum Gasteiger partial charge on any atom is -0.480 e. The Labute approximate surface area is 144 Å². The lowest BCUT2D eigenvalue weighted by Crippen LogP contribution is -2.38. The molecule has 0 aliphatic heterocycles. The molecule has 0 spiro atoms. The Kier molecular flexibility index (Phi) is 5.47. The number of aromatic nitrogens is 2. The zero-order valence-electron chi connectivity index (χ0n) is 13.6. The fourth-order valence-electron chi connectivity index (χ4n) is 2.26. The van der Waals surface area contributed by atoms with Gasteiger partial charge in [-0.05, 0) is 5.56 Å². The van der Waals surface area contributed by atoms with Crippen LogP contribution in [0.15, 0.2) is 21.7 Å². The van der Waals surface area contributed by atoms with Crippen molar-refractivity contribution in [2.75, 3.05) is 20.1 Å². The van der Waals surface area contributed by atoms with Crippen molar-refractivity contribution in [2.24, 2.45) is 0 Å². The Morgan fingerprint density at radius 1 is 1.27 bits per heavy atom. The van der Waals surface area contributed by atoms with Gasteiger partial charge in [-0.3, -0.25) is 29.3 Å². The second-order valence-corrected chi connectivity index (χ2v) is 5.44. The first-order chi connectivity index (χ1) is 12.2. The van der Waals surface area contributed by atoms with Gasteiger partial charge in [0.1, 0.15) is 6.54 Å². The number of carboxylic acids is 1.